The van der Waals surface area contributed by atoms with Crippen molar-refractivity contribution in [3.05, 3.63) is 102 Å². The SMILES string of the molecule is Cc1cc(-c2ccc(C(C(N)=O)c3ccc(-c4ccnnc4)cc3)cc2)ccn1. The molecule has 4 aromatic rings. The van der Waals surface area contributed by atoms with Crippen molar-refractivity contribution in [3.63, 3.8) is 0 Å². The molecule has 0 radical (unpaired) electrons. The van der Waals surface area contributed by atoms with Crippen LogP contribution in [-0.4, -0.2) is 21.1 Å². The van der Waals surface area contributed by atoms with Gasteiger partial charge in [0.25, 0.3) is 0 Å². The summed E-state index contributed by atoms with van der Waals surface area (Å²) in [5.41, 5.74) is 12.6. The Bertz CT molecular complexity index is 1120. The fourth-order valence-electron chi connectivity index (χ4n) is 3.44. The molecule has 0 spiro atoms. The molecule has 0 saturated heterocycles. The van der Waals surface area contributed by atoms with Gasteiger partial charge >= 0.3 is 0 Å². The Morgan fingerprint density at radius 1 is 0.759 bits per heavy atom. The topological polar surface area (TPSA) is 81.8 Å². The number of hydrogen-bond acceptors (Lipinski definition) is 4. The maximum Gasteiger partial charge on any atom is 0.229 e. The van der Waals surface area contributed by atoms with Crippen molar-refractivity contribution in [1.29, 1.82) is 0 Å². The predicted molar refractivity (Wildman–Crippen MR) is 113 cm³/mol. The molecule has 2 heterocycles. The van der Waals surface area contributed by atoms with E-state index in [1.54, 1.807) is 18.6 Å². The van der Waals surface area contributed by atoms with E-state index in [2.05, 4.69) is 15.2 Å². The van der Waals surface area contributed by atoms with Crippen LogP contribution in [0.5, 0.6) is 0 Å². The summed E-state index contributed by atoms with van der Waals surface area (Å²) in [5, 5.41) is 7.70. The monoisotopic (exact) mass is 380 g/mol. The smallest absolute Gasteiger partial charge is 0.229 e. The van der Waals surface area contributed by atoms with E-state index in [0.29, 0.717) is 0 Å². The number of primary amides is 1. The van der Waals surface area contributed by atoms with Gasteiger partial charge in [-0.3, -0.25) is 9.78 Å². The zero-order chi connectivity index (χ0) is 20.2. The third-order valence-corrected chi connectivity index (χ3v) is 4.92. The molecule has 142 valence electrons. The number of pyridine rings is 1. The molecule has 0 aliphatic heterocycles. The standard InChI is InChI=1S/C24H20N4O/c1-16-14-21(10-12-26-16)17-2-6-19(7-3-17)23(24(25)29)20-8-4-18(5-9-20)22-11-13-27-28-15-22/h2-15,23H,1H3,(H2,25,29). The average Bonchev–Trinajstić information content (AvgIpc) is 2.75. The molecule has 2 N–H and O–H groups in total. The molecule has 5 nitrogen and oxygen atoms in total. The lowest BCUT2D eigenvalue weighted by molar-refractivity contribution is -0.118. The van der Waals surface area contributed by atoms with Crippen LogP contribution in [0, 0.1) is 6.92 Å². The van der Waals surface area contributed by atoms with Crippen LogP contribution in [0.25, 0.3) is 22.3 Å². The number of aryl methyl sites for hydroxylation is 1. The molecule has 0 bridgehead atoms. The van der Waals surface area contributed by atoms with Crippen molar-refractivity contribution < 1.29 is 4.79 Å². The van der Waals surface area contributed by atoms with Crippen LogP contribution in [0.3, 0.4) is 0 Å². The van der Waals surface area contributed by atoms with Gasteiger partial charge in [0.1, 0.15) is 0 Å². The summed E-state index contributed by atoms with van der Waals surface area (Å²) in [6.07, 6.45) is 5.16. The zero-order valence-electron chi connectivity index (χ0n) is 16.0. The highest BCUT2D eigenvalue weighted by Gasteiger charge is 2.20. The molecule has 1 amide bonds. The molecule has 0 fully saturated rings. The first-order valence-electron chi connectivity index (χ1n) is 9.31. The maximum atomic E-state index is 12.3. The van der Waals surface area contributed by atoms with E-state index in [9.17, 15) is 4.79 Å². The Morgan fingerprint density at radius 2 is 1.34 bits per heavy atom. The number of amides is 1. The van der Waals surface area contributed by atoms with Crippen molar-refractivity contribution in [1.82, 2.24) is 15.2 Å². The normalized spacial score (nSPS) is 11.8. The molecule has 0 aliphatic rings. The van der Waals surface area contributed by atoms with E-state index in [4.69, 9.17) is 5.73 Å². The molecule has 0 aliphatic carbocycles. The maximum absolute atomic E-state index is 12.3. The third kappa shape index (κ3) is 4.04. The number of carbonyl (C=O) groups is 1. The first-order chi connectivity index (χ1) is 14.1. The second-order valence-electron chi connectivity index (χ2n) is 6.90. The summed E-state index contributed by atoms with van der Waals surface area (Å²) >= 11 is 0. The Morgan fingerprint density at radius 3 is 1.86 bits per heavy atom. The van der Waals surface area contributed by atoms with Gasteiger partial charge in [-0.2, -0.15) is 10.2 Å². The lowest BCUT2D eigenvalue weighted by Crippen LogP contribution is -2.22. The van der Waals surface area contributed by atoms with Crippen molar-refractivity contribution in [3.8, 4) is 22.3 Å². The van der Waals surface area contributed by atoms with Crippen molar-refractivity contribution in [2.45, 2.75) is 12.8 Å². The van der Waals surface area contributed by atoms with Gasteiger partial charge in [-0.05, 0) is 52.9 Å². The number of aromatic nitrogens is 3. The summed E-state index contributed by atoms with van der Waals surface area (Å²) in [5.74, 6) is -0.885. The van der Waals surface area contributed by atoms with E-state index in [1.807, 2.05) is 73.7 Å². The number of carbonyl (C=O) groups excluding carboxylic acids is 1. The van der Waals surface area contributed by atoms with Crippen molar-refractivity contribution >= 4 is 5.91 Å². The Hall–Kier alpha value is -3.86. The Kier molecular flexibility index (Phi) is 5.12. The fraction of sp³-hybridized carbons (Fsp3) is 0.0833. The summed E-state index contributed by atoms with van der Waals surface area (Å²) in [7, 11) is 0. The van der Waals surface area contributed by atoms with Crippen LogP contribution in [-0.2, 0) is 4.79 Å². The van der Waals surface area contributed by atoms with Crippen LogP contribution >= 0.6 is 0 Å². The lowest BCUT2D eigenvalue weighted by Gasteiger charge is -2.16. The van der Waals surface area contributed by atoms with Gasteiger partial charge in [-0.25, -0.2) is 0 Å². The summed E-state index contributed by atoms with van der Waals surface area (Å²) in [4.78, 5) is 16.5. The molecule has 1 unspecified atom stereocenters. The molecule has 5 heteroatoms. The van der Waals surface area contributed by atoms with Gasteiger partial charge in [0, 0.05) is 17.5 Å². The fourth-order valence-corrected chi connectivity index (χ4v) is 3.44. The number of benzene rings is 2. The van der Waals surface area contributed by atoms with Crippen molar-refractivity contribution in [2.24, 2.45) is 5.73 Å². The van der Waals surface area contributed by atoms with Gasteiger partial charge in [-0.15, -0.1) is 0 Å². The molecular formula is C24H20N4O. The summed E-state index contributed by atoms with van der Waals surface area (Å²) in [6.45, 7) is 1.96. The molecule has 0 saturated carbocycles. The Balaban J connectivity index is 1.63. The highest BCUT2D eigenvalue weighted by atomic mass is 16.1. The highest BCUT2D eigenvalue weighted by Crippen LogP contribution is 2.29. The van der Waals surface area contributed by atoms with Gasteiger partial charge in [0.2, 0.25) is 5.91 Å². The van der Waals surface area contributed by atoms with Crippen molar-refractivity contribution in [2.75, 3.05) is 0 Å². The zero-order valence-corrected chi connectivity index (χ0v) is 16.0. The Labute approximate surface area is 169 Å². The quantitative estimate of drug-likeness (QED) is 0.564. The first kappa shape index (κ1) is 18.5. The van der Waals surface area contributed by atoms with Crippen LogP contribution in [0.2, 0.25) is 0 Å². The molecule has 2 aromatic heterocycles. The average molecular weight is 380 g/mol. The largest absolute Gasteiger partial charge is 0.369 e. The first-order valence-corrected chi connectivity index (χ1v) is 9.31. The molecule has 4 rings (SSSR count). The van der Waals surface area contributed by atoms with E-state index in [0.717, 1.165) is 39.1 Å². The van der Waals surface area contributed by atoms with Gasteiger partial charge in [-0.1, -0.05) is 48.5 Å². The van der Waals surface area contributed by atoms with E-state index < -0.39 is 5.92 Å². The van der Waals surface area contributed by atoms with E-state index in [-0.39, 0.29) is 5.91 Å². The van der Waals surface area contributed by atoms with Crippen LogP contribution in [0.1, 0.15) is 22.7 Å². The number of nitrogens with zero attached hydrogens (tertiary/aromatic N) is 3. The minimum atomic E-state index is -0.507. The molecule has 29 heavy (non-hydrogen) atoms. The van der Waals surface area contributed by atoms with E-state index >= 15 is 0 Å². The molecular weight excluding hydrogens is 360 g/mol. The van der Waals surface area contributed by atoms with Gasteiger partial charge < -0.3 is 5.73 Å². The molecule has 2 aromatic carbocycles. The van der Waals surface area contributed by atoms with Gasteiger partial charge in [0.15, 0.2) is 0 Å². The number of rotatable bonds is 5. The van der Waals surface area contributed by atoms with Crippen LogP contribution < -0.4 is 5.73 Å². The summed E-state index contributed by atoms with van der Waals surface area (Å²) < 4.78 is 0. The highest BCUT2D eigenvalue weighted by molar-refractivity contribution is 5.86. The minimum absolute atomic E-state index is 0.379. The predicted octanol–water partition coefficient (Wildman–Crippen LogP) is 4.13. The number of nitrogens with two attached hydrogens (primary N) is 1. The van der Waals surface area contributed by atoms with Crippen LogP contribution in [0.4, 0.5) is 0 Å². The lowest BCUT2D eigenvalue weighted by atomic mass is 9.89. The van der Waals surface area contributed by atoms with Gasteiger partial charge in [0.05, 0.1) is 18.3 Å². The second kappa shape index (κ2) is 8.02. The minimum Gasteiger partial charge on any atom is -0.369 e. The molecule has 1 atom stereocenters. The second-order valence-corrected chi connectivity index (χ2v) is 6.90. The van der Waals surface area contributed by atoms with E-state index in [1.165, 1.54) is 0 Å². The number of hydrogen-bond donors (Lipinski definition) is 1. The third-order valence-electron chi connectivity index (χ3n) is 4.92. The van der Waals surface area contributed by atoms with Crippen LogP contribution in [0.15, 0.2) is 85.3 Å². The summed E-state index contributed by atoms with van der Waals surface area (Å²) in [6, 6.07) is 21.7.